The topological polar surface area (TPSA) is 64.1 Å². The highest BCUT2D eigenvalue weighted by Crippen LogP contribution is 2.31. The smallest absolute Gasteiger partial charge is 0.416 e. The Labute approximate surface area is 121 Å². The number of alkyl halides is 3. The minimum absolute atomic E-state index is 0.0373. The fourth-order valence-electron chi connectivity index (χ4n) is 1.44. The van der Waals surface area contributed by atoms with E-state index < -0.39 is 23.8 Å². The molecule has 1 heterocycles. The highest BCUT2D eigenvalue weighted by atomic mass is 32.1. The van der Waals surface area contributed by atoms with Crippen molar-refractivity contribution in [2.45, 2.75) is 19.2 Å². The Balaban J connectivity index is 2.02. The summed E-state index contributed by atoms with van der Waals surface area (Å²) in [6, 6.07) is 4.34. The fourth-order valence-corrected chi connectivity index (χ4v) is 1.89. The second kappa shape index (κ2) is 6.08. The van der Waals surface area contributed by atoms with E-state index in [0.29, 0.717) is 5.13 Å². The van der Waals surface area contributed by atoms with Crippen molar-refractivity contribution in [3.05, 3.63) is 35.3 Å². The van der Waals surface area contributed by atoms with Crippen LogP contribution in [-0.2, 0) is 11.0 Å². The Morgan fingerprint density at radius 2 is 2.19 bits per heavy atom. The van der Waals surface area contributed by atoms with Crippen LogP contribution in [0, 0.1) is 0 Å². The van der Waals surface area contributed by atoms with E-state index in [1.807, 2.05) is 0 Å². The molecule has 1 aromatic carbocycles. The molecule has 0 aliphatic heterocycles. The van der Waals surface area contributed by atoms with Gasteiger partial charge in [-0.15, -0.1) is 10.2 Å². The lowest BCUT2D eigenvalue weighted by molar-refractivity contribution is -0.137. The molecule has 1 amide bonds. The van der Waals surface area contributed by atoms with Crippen LogP contribution in [0.15, 0.2) is 29.8 Å². The van der Waals surface area contributed by atoms with Crippen LogP contribution in [0.25, 0.3) is 0 Å². The number of benzene rings is 1. The number of hydrogen-bond acceptors (Lipinski definition) is 5. The first-order chi connectivity index (χ1) is 9.86. The number of ether oxygens (including phenoxy) is 1. The summed E-state index contributed by atoms with van der Waals surface area (Å²) in [5.41, 5.74) is 0.602. The number of nitrogens with one attached hydrogen (secondary N) is 1. The normalized spacial score (nSPS) is 12.8. The lowest BCUT2D eigenvalue weighted by Crippen LogP contribution is -2.30. The van der Waals surface area contributed by atoms with E-state index in [0.717, 1.165) is 23.5 Å². The maximum absolute atomic E-state index is 12.6. The molecule has 9 heteroatoms. The molecule has 0 aliphatic carbocycles. The molecule has 5 nitrogen and oxygen atoms in total. The molecule has 0 saturated heterocycles. The summed E-state index contributed by atoms with van der Waals surface area (Å²) in [6.45, 7) is 1.43. The Morgan fingerprint density at radius 3 is 2.81 bits per heavy atom. The van der Waals surface area contributed by atoms with E-state index in [4.69, 9.17) is 4.74 Å². The van der Waals surface area contributed by atoms with Gasteiger partial charge in [0, 0.05) is 0 Å². The monoisotopic (exact) mass is 317 g/mol. The van der Waals surface area contributed by atoms with Gasteiger partial charge in [0.25, 0.3) is 5.91 Å². The van der Waals surface area contributed by atoms with Gasteiger partial charge in [0.15, 0.2) is 6.10 Å². The van der Waals surface area contributed by atoms with E-state index in [-0.39, 0.29) is 5.75 Å². The predicted octanol–water partition coefficient (Wildman–Crippen LogP) is 2.96. The molecule has 0 unspecified atom stereocenters. The number of hydrogen-bond donors (Lipinski definition) is 1. The van der Waals surface area contributed by atoms with Crippen LogP contribution in [0.2, 0.25) is 0 Å². The van der Waals surface area contributed by atoms with E-state index in [2.05, 4.69) is 15.5 Å². The second-order valence-electron chi connectivity index (χ2n) is 4.02. The number of carbonyl (C=O) groups excluding carboxylic acids is 1. The van der Waals surface area contributed by atoms with Crippen molar-refractivity contribution in [2.24, 2.45) is 0 Å². The van der Waals surface area contributed by atoms with E-state index in [9.17, 15) is 18.0 Å². The van der Waals surface area contributed by atoms with Gasteiger partial charge in [-0.05, 0) is 25.1 Å². The van der Waals surface area contributed by atoms with Crippen LogP contribution in [0.5, 0.6) is 5.75 Å². The number of carbonyl (C=O) groups is 1. The van der Waals surface area contributed by atoms with E-state index in [1.165, 1.54) is 24.6 Å². The minimum Gasteiger partial charge on any atom is -0.481 e. The van der Waals surface area contributed by atoms with E-state index >= 15 is 0 Å². The van der Waals surface area contributed by atoms with Crippen LogP contribution in [0.1, 0.15) is 12.5 Å². The van der Waals surface area contributed by atoms with Crippen LogP contribution in [0.4, 0.5) is 18.3 Å². The molecule has 0 bridgehead atoms. The summed E-state index contributed by atoms with van der Waals surface area (Å²) in [5.74, 6) is -0.561. The van der Waals surface area contributed by atoms with Crippen molar-refractivity contribution >= 4 is 22.4 Å². The maximum Gasteiger partial charge on any atom is 0.416 e. The first kappa shape index (κ1) is 15.2. The molecule has 1 N–H and O–H groups in total. The first-order valence-electron chi connectivity index (χ1n) is 5.77. The standard InChI is InChI=1S/C12H10F3N3O2S/c1-7(10(19)17-11-18-16-6-21-11)20-9-4-2-3-8(5-9)12(13,14)15/h2-7H,1H3,(H,17,18,19)/t7-/m0/s1. The molecular weight excluding hydrogens is 307 g/mol. The Hall–Kier alpha value is -2.16. The van der Waals surface area contributed by atoms with Crippen molar-refractivity contribution in [2.75, 3.05) is 5.32 Å². The molecule has 21 heavy (non-hydrogen) atoms. The van der Waals surface area contributed by atoms with Crippen molar-refractivity contribution < 1.29 is 22.7 Å². The summed E-state index contributed by atoms with van der Waals surface area (Å²) in [5, 5.41) is 9.91. The van der Waals surface area contributed by atoms with Gasteiger partial charge in [-0.25, -0.2) is 0 Å². The van der Waals surface area contributed by atoms with Gasteiger partial charge < -0.3 is 4.74 Å². The molecule has 1 aromatic heterocycles. The van der Waals surface area contributed by atoms with Gasteiger partial charge in [0.2, 0.25) is 5.13 Å². The molecule has 0 saturated carbocycles. The number of nitrogens with zero attached hydrogens (tertiary/aromatic N) is 2. The zero-order chi connectivity index (χ0) is 15.5. The van der Waals surface area contributed by atoms with Crippen LogP contribution in [0.3, 0.4) is 0 Å². The molecular formula is C12H10F3N3O2S. The minimum atomic E-state index is -4.46. The molecule has 2 aromatic rings. The van der Waals surface area contributed by atoms with Gasteiger partial charge in [-0.1, -0.05) is 17.4 Å². The average molecular weight is 317 g/mol. The molecule has 2 rings (SSSR count). The zero-order valence-electron chi connectivity index (χ0n) is 10.7. The number of rotatable bonds is 4. The first-order valence-corrected chi connectivity index (χ1v) is 6.65. The van der Waals surface area contributed by atoms with Crippen molar-refractivity contribution in [3.8, 4) is 5.75 Å². The average Bonchev–Trinajstić information content (AvgIpc) is 2.91. The maximum atomic E-state index is 12.6. The van der Waals surface area contributed by atoms with Crippen molar-refractivity contribution in [3.63, 3.8) is 0 Å². The molecule has 1 atom stereocenters. The predicted molar refractivity (Wildman–Crippen MR) is 70.1 cm³/mol. The lowest BCUT2D eigenvalue weighted by atomic mass is 10.2. The van der Waals surface area contributed by atoms with Crippen LogP contribution < -0.4 is 10.1 Å². The number of amides is 1. The highest BCUT2D eigenvalue weighted by molar-refractivity contribution is 7.13. The summed E-state index contributed by atoms with van der Waals surface area (Å²) in [4.78, 5) is 11.8. The summed E-state index contributed by atoms with van der Waals surface area (Å²) in [7, 11) is 0. The number of halogens is 3. The van der Waals surface area contributed by atoms with Gasteiger partial charge in [-0.2, -0.15) is 13.2 Å². The Bertz CT molecular complexity index is 616. The summed E-state index contributed by atoms with van der Waals surface area (Å²) >= 11 is 1.12. The quantitative estimate of drug-likeness (QED) is 0.941. The van der Waals surface area contributed by atoms with Gasteiger partial charge >= 0.3 is 6.18 Å². The van der Waals surface area contributed by atoms with Gasteiger partial charge in [0.1, 0.15) is 11.3 Å². The highest BCUT2D eigenvalue weighted by Gasteiger charge is 2.30. The third-order valence-corrected chi connectivity index (χ3v) is 3.04. The number of anilines is 1. The Morgan fingerprint density at radius 1 is 1.43 bits per heavy atom. The SMILES string of the molecule is C[C@H](Oc1cccc(C(F)(F)F)c1)C(=O)Nc1nncs1. The molecule has 0 spiro atoms. The Kier molecular flexibility index (Phi) is 4.41. The third kappa shape index (κ3) is 4.15. The van der Waals surface area contributed by atoms with Crippen LogP contribution >= 0.6 is 11.3 Å². The number of aromatic nitrogens is 2. The third-order valence-electron chi connectivity index (χ3n) is 2.43. The summed E-state index contributed by atoms with van der Waals surface area (Å²) in [6.07, 6.45) is -5.44. The second-order valence-corrected chi connectivity index (χ2v) is 4.85. The zero-order valence-corrected chi connectivity index (χ0v) is 11.5. The molecule has 0 radical (unpaired) electrons. The van der Waals surface area contributed by atoms with Gasteiger partial charge in [0.05, 0.1) is 5.56 Å². The van der Waals surface area contributed by atoms with Gasteiger partial charge in [-0.3, -0.25) is 10.1 Å². The van der Waals surface area contributed by atoms with Crippen molar-refractivity contribution in [1.82, 2.24) is 10.2 Å². The lowest BCUT2D eigenvalue weighted by Gasteiger charge is -2.15. The fraction of sp³-hybridized carbons (Fsp3) is 0.250. The van der Waals surface area contributed by atoms with E-state index in [1.54, 1.807) is 0 Å². The largest absolute Gasteiger partial charge is 0.481 e. The molecule has 112 valence electrons. The summed E-state index contributed by atoms with van der Waals surface area (Å²) < 4.78 is 42.9. The molecule has 0 aliphatic rings. The van der Waals surface area contributed by atoms with Crippen molar-refractivity contribution in [1.29, 1.82) is 0 Å². The van der Waals surface area contributed by atoms with Crippen LogP contribution in [-0.4, -0.2) is 22.2 Å². The molecule has 0 fully saturated rings.